The Morgan fingerprint density at radius 2 is 1.55 bits per heavy atom. The van der Waals surface area contributed by atoms with Crippen molar-refractivity contribution in [3.05, 3.63) is 0 Å². The Morgan fingerprint density at radius 3 is 1.64 bits per heavy atom. The molecule has 0 aromatic rings. The maximum absolute atomic E-state index is 9.96. The van der Waals surface area contributed by atoms with Gasteiger partial charge in [-0.1, -0.05) is 0 Å². The van der Waals surface area contributed by atoms with Crippen molar-refractivity contribution >= 4 is 20.8 Å². The third-order valence-corrected chi connectivity index (χ3v) is 2.56. The lowest BCUT2D eigenvalue weighted by atomic mass is 10.8. The lowest BCUT2D eigenvalue weighted by Gasteiger charge is -2.07. The maximum atomic E-state index is 9.96. The van der Waals surface area contributed by atoms with Crippen molar-refractivity contribution in [2.45, 2.75) is 10.9 Å². The van der Waals surface area contributed by atoms with Gasteiger partial charge in [0.1, 0.15) is 0 Å². The van der Waals surface area contributed by atoms with Gasteiger partial charge in [-0.2, -0.15) is 8.42 Å². The van der Waals surface area contributed by atoms with Gasteiger partial charge in [-0.3, -0.25) is 4.55 Å². The Labute approximate surface area is 64.0 Å². The van der Waals surface area contributed by atoms with Gasteiger partial charge >= 0.3 is 0 Å². The summed E-state index contributed by atoms with van der Waals surface area (Å²) >= 11 is 0. The van der Waals surface area contributed by atoms with Gasteiger partial charge in [0.15, 0.2) is 16.1 Å². The van der Waals surface area contributed by atoms with Crippen LogP contribution in [0.25, 0.3) is 0 Å². The van der Waals surface area contributed by atoms with E-state index in [0.717, 1.165) is 0 Å². The van der Waals surface area contributed by atoms with Crippen molar-refractivity contribution in [1.29, 1.82) is 0 Å². The molecular formula is C2H6O7S2. The molecule has 0 fully saturated rings. The fourth-order valence-corrected chi connectivity index (χ4v) is 1.53. The first-order valence-corrected chi connectivity index (χ1v) is 4.97. The van der Waals surface area contributed by atoms with Gasteiger partial charge < -0.3 is 10.2 Å². The lowest BCUT2D eigenvalue weighted by molar-refractivity contribution is 0.116. The van der Waals surface area contributed by atoms with Gasteiger partial charge in [0.2, 0.25) is 5.44 Å². The number of aliphatic hydroxyl groups excluding tert-OH is 2. The molecule has 0 spiro atoms. The summed E-state index contributed by atoms with van der Waals surface area (Å²) in [6.45, 7) is 0. The Bertz CT molecular complexity index is 278. The van der Waals surface area contributed by atoms with Gasteiger partial charge in [-0.25, -0.2) is 8.42 Å². The first-order chi connectivity index (χ1) is 4.76. The summed E-state index contributed by atoms with van der Waals surface area (Å²) in [5.74, 6) is 0. The molecular weight excluding hydrogens is 200 g/mol. The van der Waals surface area contributed by atoms with Gasteiger partial charge in [-0.05, 0) is 0 Å². The van der Waals surface area contributed by atoms with Crippen LogP contribution in [0.2, 0.25) is 0 Å². The van der Waals surface area contributed by atoms with E-state index in [0.29, 0.717) is 0 Å². The zero-order chi connectivity index (χ0) is 9.23. The van der Waals surface area contributed by atoms with Crippen molar-refractivity contribution < 1.29 is 31.6 Å². The van der Waals surface area contributed by atoms with Gasteiger partial charge in [0, 0.05) is 0 Å². The van der Waals surface area contributed by atoms with Crippen molar-refractivity contribution in [2.24, 2.45) is 0 Å². The largest absolute Gasteiger partial charge is 0.374 e. The summed E-state index contributed by atoms with van der Waals surface area (Å²) in [4.78, 5) is 0. The van der Waals surface area contributed by atoms with E-state index in [1.807, 2.05) is 0 Å². The molecule has 68 valence electrons. The molecule has 0 aliphatic heterocycles. The van der Waals surface area contributed by atoms with E-state index in [1.54, 1.807) is 0 Å². The summed E-state index contributed by atoms with van der Waals surface area (Å²) in [7, 11) is -8.42. The molecule has 0 rings (SSSR count). The molecule has 11 heavy (non-hydrogen) atoms. The van der Waals surface area contributed by atoms with Crippen LogP contribution in [0.4, 0.5) is 0 Å². The van der Waals surface area contributed by atoms with Crippen LogP contribution in [0, 0.1) is 0 Å². The van der Waals surface area contributed by atoms with Crippen LogP contribution >= 0.6 is 0 Å². The molecule has 9 heteroatoms. The predicted molar refractivity (Wildman–Crippen MR) is 33.9 cm³/mol. The highest BCUT2D eigenvalue weighted by Crippen LogP contribution is 2.00. The highest BCUT2D eigenvalue weighted by atomic mass is 32.2. The molecule has 0 amide bonds. The third-order valence-electron chi connectivity index (χ3n) is 0.776. The molecule has 0 saturated heterocycles. The van der Waals surface area contributed by atoms with Gasteiger partial charge in [0.05, 0.1) is 0 Å². The van der Waals surface area contributed by atoms with E-state index in [2.05, 4.69) is 0 Å². The first kappa shape index (κ1) is 10.8. The summed E-state index contributed by atoms with van der Waals surface area (Å²) in [5, 5.41) is 16.7. The SMILES string of the molecule is O=[SH](=O)C(O)C(O)S(=O)(=O)O. The molecule has 3 N–H and O–H groups in total. The van der Waals surface area contributed by atoms with Crippen LogP contribution < -0.4 is 0 Å². The van der Waals surface area contributed by atoms with Crippen LogP contribution in [0.15, 0.2) is 0 Å². The van der Waals surface area contributed by atoms with Crippen LogP contribution in [-0.4, -0.2) is 42.5 Å². The van der Waals surface area contributed by atoms with Crippen molar-refractivity contribution in [3.8, 4) is 0 Å². The number of aliphatic hydroxyl groups is 2. The Kier molecular flexibility index (Phi) is 3.38. The molecule has 0 aliphatic carbocycles. The zero-order valence-corrected chi connectivity index (χ0v) is 6.70. The summed E-state index contributed by atoms with van der Waals surface area (Å²) < 4.78 is 47.6. The molecule has 7 nitrogen and oxygen atoms in total. The Hall–Kier alpha value is -0.220. The highest BCUT2D eigenvalue weighted by molar-refractivity contribution is 7.87. The second-order valence-electron chi connectivity index (χ2n) is 1.60. The summed E-state index contributed by atoms with van der Waals surface area (Å²) in [6.07, 6.45) is 0. The number of rotatable bonds is 3. The number of thiol groups is 1. The standard InChI is InChI=1S/C2H6O7S2/c3-1(10(5)6)2(4)11(7,8)9/h1-4,10H,(H,7,8,9). The van der Waals surface area contributed by atoms with Crippen molar-refractivity contribution in [3.63, 3.8) is 0 Å². The second-order valence-corrected chi connectivity index (χ2v) is 4.22. The van der Waals surface area contributed by atoms with Crippen LogP contribution in [0.1, 0.15) is 0 Å². The molecule has 2 atom stereocenters. The monoisotopic (exact) mass is 206 g/mol. The molecule has 0 heterocycles. The summed E-state index contributed by atoms with van der Waals surface area (Å²) in [6, 6.07) is 0. The summed E-state index contributed by atoms with van der Waals surface area (Å²) in [5.41, 5.74) is -5.20. The van der Waals surface area contributed by atoms with E-state index >= 15 is 0 Å². The fraction of sp³-hybridized carbons (Fsp3) is 1.00. The van der Waals surface area contributed by atoms with E-state index in [-0.39, 0.29) is 0 Å². The second kappa shape index (κ2) is 3.45. The quantitative estimate of drug-likeness (QED) is 0.288. The fourth-order valence-electron chi connectivity index (χ4n) is 0.258. The molecule has 0 aliphatic rings. The van der Waals surface area contributed by atoms with Crippen LogP contribution in [-0.2, 0) is 20.8 Å². The molecule has 0 saturated carbocycles. The normalized spacial score (nSPS) is 18.2. The smallest absolute Gasteiger partial charge is 0.295 e. The topological polar surface area (TPSA) is 129 Å². The van der Waals surface area contributed by atoms with Crippen LogP contribution in [0.5, 0.6) is 0 Å². The lowest BCUT2D eigenvalue weighted by Crippen LogP contribution is -2.34. The molecule has 0 bridgehead atoms. The van der Waals surface area contributed by atoms with E-state index in [9.17, 15) is 16.8 Å². The van der Waals surface area contributed by atoms with E-state index in [4.69, 9.17) is 14.8 Å². The predicted octanol–water partition coefficient (Wildman–Crippen LogP) is -2.88. The Morgan fingerprint density at radius 1 is 1.18 bits per heavy atom. The Balaban J connectivity index is 4.65. The van der Waals surface area contributed by atoms with E-state index in [1.165, 1.54) is 0 Å². The molecule has 2 unspecified atom stereocenters. The molecule has 0 aromatic heterocycles. The maximum Gasteiger partial charge on any atom is 0.295 e. The average molecular weight is 206 g/mol. The minimum atomic E-state index is -4.93. The highest BCUT2D eigenvalue weighted by Gasteiger charge is 2.30. The zero-order valence-electron chi connectivity index (χ0n) is 4.98. The van der Waals surface area contributed by atoms with Gasteiger partial charge in [-0.15, -0.1) is 0 Å². The van der Waals surface area contributed by atoms with Crippen molar-refractivity contribution in [1.82, 2.24) is 0 Å². The molecule has 0 aromatic carbocycles. The minimum absolute atomic E-state index is 2.50. The van der Waals surface area contributed by atoms with Gasteiger partial charge in [0.25, 0.3) is 10.1 Å². The van der Waals surface area contributed by atoms with Crippen molar-refractivity contribution in [2.75, 3.05) is 0 Å². The third kappa shape index (κ3) is 3.12. The average Bonchev–Trinajstić information content (AvgIpc) is 1.82. The minimum Gasteiger partial charge on any atom is -0.374 e. The molecule has 0 radical (unpaired) electrons. The first-order valence-electron chi connectivity index (χ1n) is 2.22. The van der Waals surface area contributed by atoms with Crippen LogP contribution in [0.3, 0.4) is 0 Å². The number of hydrogen-bond acceptors (Lipinski definition) is 6. The van der Waals surface area contributed by atoms with E-state index < -0.39 is 31.7 Å². The number of hydrogen-bond donors (Lipinski definition) is 4.